The summed E-state index contributed by atoms with van der Waals surface area (Å²) in [4.78, 5) is 14.8. The van der Waals surface area contributed by atoms with Crippen molar-refractivity contribution in [3.8, 4) is 0 Å². The van der Waals surface area contributed by atoms with E-state index < -0.39 is 0 Å². The lowest BCUT2D eigenvalue weighted by atomic mass is 9.98. The van der Waals surface area contributed by atoms with Crippen LogP contribution in [0.5, 0.6) is 0 Å². The van der Waals surface area contributed by atoms with Crippen LogP contribution in [0.15, 0.2) is 0 Å². The Morgan fingerprint density at radius 2 is 1.83 bits per heavy atom. The van der Waals surface area contributed by atoms with Gasteiger partial charge >= 0.3 is 0 Å². The summed E-state index contributed by atoms with van der Waals surface area (Å²) in [6, 6.07) is 0.693. The number of hydrogen-bond acceptors (Lipinski definition) is 2. The molecule has 0 N–H and O–H groups in total. The Kier molecular flexibility index (Phi) is 5.64. The Bertz CT molecular complexity index is 278. The van der Waals surface area contributed by atoms with E-state index in [2.05, 4.69) is 25.7 Å². The molecule has 0 bridgehead atoms. The highest BCUT2D eigenvalue weighted by atomic mass is 16.5. The average Bonchev–Trinajstić information content (AvgIpc) is 2.73. The van der Waals surface area contributed by atoms with E-state index in [0.29, 0.717) is 12.0 Å². The molecule has 0 aromatic carbocycles. The van der Waals surface area contributed by atoms with Gasteiger partial charge in [-0.05, 0) is 39.5 Å². The summed E-state index contributed by atoms with van der Waals surface area (Å²) in [5.41, 5.74) is 0. The van der Waals surface area contributed by atoms with Crippen LogP contribution < -0.4 is 0 Å². The van der Waals surface area contributed by atoms with Crippen LogP contribution in [0.2, 0.25) is 0 Å². The Morgan fingerprint density at radius 1 is 1.22 bits per heavy atom. The van der Waals surface area contributed by atoms with Crippen molar-refractivity contribution < 1.29 is 9.53 Å². The number of nitrogens with zero attached hydrogens (tertiary/aromatic N) is 1. The van der Waals surface area contributed by atoms with E-state index in [1.54, 1.807) is 7.11 Å². The summed E-state index contributed by atoms with van der Waals surface area (Å²) >= 11 is 0. The van der Waals surface area contributed by atoms with E-state index >= 15 is 0 Å². The molecular weight excluding hydrogens is 226 g/mol. The van der Waals surface area contributed by atoms with Crippen molar-refractivity contribution in [1.29, 1.82) is 0 Å². The van der Waals surface area contributed by atoms with Crippen molar-refractivity contribution in [1.82, 2.24) is 4.90 Å². The number of carbonyl (C=O) groups is 1. The molecule has 106 valence electrons. The maximum atomic E-state index is 12.7. The van der Waals surface area contributed by atoms with Crippen molar-refractivity contribution >= 4 is 5.91 Å². The van der Waals surface area contributed by atoms with E-state index in [9.17, 15) is 4.79 Å². The normalized spacial score (nSPS) is 27.3. The minimum atomic E-state index is -0.0646. The van der Waals surface area contributed by atoms with E-state index in [1.165, 1.54) is 12.8 Å². The minimum Gasteiger partial charge on any atom is -0.381 e. The van der Waals surface area contributed by atoms with E-state index in [4.69, 9.17) is 4.74 Å². The highest BCUT2D eigenvalue weighted by Crippen LogP contribution is 2.32. The Balaban J connectivity index is 2.81. The lowest BCUT2D eigenvalue weighted by Gasteiger charge is -2.38. The van der Waals surface area contributed by atoms with Gasteiger partial charge in [0.1, 0.15) is 0 Å². The zero-order valence-corrected chi connectivity index (χ0v) is 12.8. The molecular formula is C15H29NO2. The van der Waals surface area contributed by atoms with Gasteiger partial charge in [-0.1, -0.05) is 20.3 Å². The topological polar surface area (TPSA) is 29.5 Å². The smallest absolute Gasteiger partial charge is 0.228 e. The standard InChI is InChI=1S/C15H29NO2/c1-10(2)16(14-9-7-8-11(14)3)15(17)12(4)13(5)18-6/h10-14H,7-9H2,1-6H3. The van der Waals surface area contributed by atoms with Crippen LogP contribution in [-0.2, 0) is 9.53 Å². The maximum absolute atomic E-state index is 12.7. The molecule has 1 rings (SSSR count). The van der Waals surface area contributed by atoms with Gasteiger partial charge in [0, 0.05) is 19.2 Å². The first-order valence-electron chi connectivity index (χ1n) is 7.25. The van der Waals surface area contributed by atoms with Gasteiger partial charge in [0.2, 0.25) is 5.91 Å². The molecule has 3 nitrogen and oxygen atoms in total. The molecule has 1 aliphatic rings. The van der Waals surface area contributed by atoms with Crippen LogP contribution in [-0.4, -0.2) is 36.1 Å². The second-order valence-corrected chi connectivity index (χ2v) is 6.04. The number of ether oxygens (including phenoxy) is 1. The van der Waals surface area contributed by atoms with Crippen molar-refractivity contribution in [2.75, 3.05) is 7.11 Å². The first-order chi connectivity index (χ1) is 8.40. The Morgan fingerprint density at radius 3 is 2.22 bits per heavy atom. The second kappa shape index (κ2) is 6.55. The fourth-order valence-corrected chi connectivity index (χ4v) is 2.98. The number of rotatable bonds is 5. The zero-order chi connectivity index (χ0) is 13.9. The van der Waals surface area contributed by atoms with Crippen LogP contribution in [0.25, 0.3) is 0 Å². The molecule has 0 aromatic heterocycles. The quantitative estimate of drug-likeness (QED) is 0.755. The third-order valence-corrected chi connectivity index (χ3v) is 4.45. The molecule has 0 heterocycles. The van der Waals surface area contributed by atoms with Crippen LogP contribution >= 0.6 is 0 Å². The first kappa shape index (κ1) is 15.5. The van der Waals surface area contributed by atoms with Crippen LogP contribution in [0.3, 0.4) is 0 Å². The summed E-state index contributed by atoms with van der Waals surface area (Å²) < 4.78 is 5.30. The van der Waals surface area contributed by atoms with Gasteiger partial charge in [-0.25, -0.2) is 0 Å². The number of methoxy groups -OCH3 is 1. The molecule has 1 saturated carbocycles. The highest BCUT2D eigenvalue weighted by Gasteiger charge is 2.36. The van der Waals surface area contributed by atoms with Crippen molar-refractivity contribution in [2.24, 2.45) is 11.8 Å². The minimum absolute atomic E-state index is 0.0181. The van der Waals surface area contributed by atoms with E-state index in [-0.39, 0.29) is 24.0 Å². The molecule has 0 radical (unpaired) electrons. The van der Waals surface area contributed by atoms with Gasteiger partial charge in [0.25, 0.3) is 0 Å². The predicted octanol–water partition coefficient (Wildman–Crippen LogP) is 3.08. The molecule has 1 aliphatic carbocycles. The molecule has 0 saturated heterocycles. The third kappa shape index (κ3) is 3.25. The molecule has 0 aliphatic heterocycles. The Labute approximate surface area is 112 Å². The van der Waals surface area contributed by atoms with Crippen molar-refractivity contribution in [2.45, 2.75) is 72.1 Å². The zero-order valence-electron chi connectivity index (χ0n) is 12.8. The molecule has 1 fully saturated rings. The molecule has 0 spiro atoms. The molecule has 3 heteroatoms. The maximum Gasteiger partial charge on any atom is 0.228 e. The van der Waals surface area contributed by atoms with Crippen molar-refractivity contribution in [3.05, 3.63) is 0 Å². The largest absolute Gasteiger partial charge is 0.381 e. The van der Waals surface area contributed by atoms with Crippen LogP contribution in [0.1, 0.15) is 53.9 Å². The Hall–Kier alpha value is -0.570. The van der Waals surface area contributed by atoms with E-state index in [0.717, 1.165) is 6.42 Å². The summed E-state index contributed by atoms with van der Waals surface area (Å²) in [5.74, 6) is 0.810. The van der Waals surface area contributed by atoms with Gasteiger partial charge in [-0.15, -0.1) is 0 Å². The summed E-state index contributed by atoms with van der Waals surface area (Å²) in [5, 5.41) is 0. The summed E-state index contributed by atoms with van der Waals surface area (Å²) in [6.45, 7) is 10.5. The predicted molar refractivity (Wildman–Crippen MR) is 74.4 cm³/mol. The molecule has 4 atom stereocenters. The molecule has 4 unspecified atom stereocenters. The van der Waals surface area contributed by atoms with Gasteiger partial charge in [-0.3, -0.25) is 4.79 Å². The van der Waals surface area contributed by atoms with Crippen LogP contribution in [0, 0.1) is 11.8 Å². The fraction of sp³-hybridized carbons (Fsp3) is 0.933. The van der Waals surface area contributed by atoms with Gasteiger partial charge in [-0.2, -0.15) is 0 Å². The number of carbonyl (C=O) groups excluding carboxylic acids is 1. The van der Waals surface area contributed by atoms with Crippen LogP contribution in [0.4, 0.5) is 0 Å². The SMILES string of the molecule is COC(C)C(C)C(=O)N(C(C)C)C1CCCC1C. The lowest BCUT2D eigenvalue weighted by Crippen LogP contribution is -2.50. The third-order valence-electron chi connectivity index (χ3n) is 4.45. The summed E-state index contributed by atoms with van der Waals surface area (Å²) in [6.07, 6.45) is 3.63. The van der Waals surface area contributed by atoms with Gasteiger partial charge in [0.05, 0.1) is 12.0 Å². The van der Waals surface area contributed by atoms with Gasteiger partial charge < -0.3 is 9.64 Å². The van der Waals surface area contributed by atoms with Gasteiger partial charge in [0.15, 0.2) is 0 Å². The fourth-order valence-electron chi connectivity index (χ4n) is 2.98. The number of hydrogen-bond donors (Lipinski definition) is 0. The summed E-state index contributed by atoms with van der Waals surface area (Å²) in [7, 11) is 1.67. The lowest BCUT2D eigenvalue weighted by molar-refractivity contribution is -0.144. The average molecular weight is 255 g/mol. The van der Waals surface area contributed by atoms with E-state index in [1.807, 2.05) is 13.8 Å². The molecule has 18 heavy (non-hydrogen) atoms. The molecule has 1 amide bonds. The monoisotopic (exact) mass is 255 g/mol. The first-order valence-corrected chi connectivity index (χ1v) is 7.25. The second-order valence-electron chi connectivity index (χ2n) is 6.04. The van der Waals surface area contributed by atoms with Crippen molar-refractivity contribution in [3.63, 3.8) is 0 Å². The molecule has 0 aromatic rings. The number of amides is 1. The highest BCUT2D eigenvalue weighted by molar-refractivity contribution is 5.79.